The van der Waals surface area contributed by atoms with Gasteiger partial charge in [0.2, 0.25) is 5.91 Å². The third kappa shape index (κ3) is 4.51. The van der Waals surface area contributed by atoms with Crippen molar-refractivity contribution in [2.24, 2.45) is 5.41 Å². The minimum absolute atomic E-state index is 0.117. The molecule has 0 aliphatic carbocycles. The Kier molecular flexibility index (Phi) is 4.71. The van der Waals surface area contributed by atoms with Gasteiger partial charge in [0.15, 0.2) is 0 Å². The summed E-state index contributed by atoms with van der Waals surface area (Å²) in [7, 11) is 0. The van der Waals surface area contributed by atoms with Crippen LogP contribution in [-0.4, -0.2) is 23.5 Å². The lowest BCUT2D eigenvalue weighted by molar-refractivity contribution is -0.146. The van der Waals surface area contributed by atoms with Gasteiger partial charge in [0.25, 0.3) is 0 Å². The summed E-state index contributed by atoms with van der Waals surface area (Å²) in [6, 6.07) is 0. The molecule has 0 unspecified atom stereocenters. The molecule has 0 saturated carbocycles. The molecule has 4 nitrogen and oxygen atoms in total. The Bertz CT molecular complexity index is 263. The van der Waals surface area contributed by atoms with E-state index in [4.69, 9.17) is 11.5 Å². The summed E-state index contributed by atoms with van der Waals surface area (Å²) in [4.78, 5) is 21.7. The highest BCUT2D eigenvalue weighted by Gasteiger charge is 2.27. The lowest BCUT2D eigenvalue weighted by Crippen LogP contribution is -2.38. The van der Waals surface area contributed by atoms with Gasteiger partial charge in [-0.2, -0.15) is 0 Å². The topological polar surface area (TPSA) is 66.4 Å². The van der Waals surface area contributed by atoms with Crippen molar-refractivity contribution in [3.8, 4) is 12.3 Å². The number of aliphatic carboxylic acids is 1. The van der Waals surface area contributed by atoms with Gasteiger partial charge in [-0.05, 0) is 13.8 Å². The third-order valence-electron chi connectivity index (χ3n) is 1.80. The largest absolute Gasteiger partial charge is 0.481 e. The first-order valence-electron chi connectivity index (χ1n) is 4.33. The predicted molar refractivity (Wildman–Crippen MR) is 52.5 cm³/mol. The van der Waals surface area contributed by atoms with E-state index in [0.29, 0.717) is 6.42 Å². The Balaban J connectivity index is 3.89. The molecule has 1 amide bonds. The number of hydrogen-bond donors (Lipinski definition) is 2. The Morgan fingerprint density at radius 3 is 2.50 bits per heavy atom. The van der Waals surface area contributed by atoms with E-state index in [1.165, 1.54) is 0 Å². The second-order valence-corrected chi connectivity index (χ2v) is 3.67. The lowest BCUT2D eigenvalue weighted by atomic mass is 9.94. The lowest BCUT2D eigenvalue weighted by Gasteiger charge is -2.19. The zero-order chi connectivity index (χ0) is 11.2. The van der Waals surface area contributed by atoms with Crippen LogP contribution in [-0.2, 0) is 9.59 Å². The molecule has 0 aromatic rings. The maximum atomic E-state index is 11.1. The molecule has 0 rings (SSSR count). The number of nitrogens with one attached hydrogen (secondary N) is 1. The molecule has 0 aliphatic rings. The summed E-state index contributed by atoms with van der Waals surface area (Å²) >= 11 is 0. The summed E-state index contributed by atoms with van der Waals surface area (Å²) in [5.41, 5.74) is -0.939. The number of carboxylic acid groups (broad SMARTS) is 1. The molecule has 0 spiro atoms. The number of rotatable bonds is 5. The number of carboxylic acids is 1. The van der Waals surface area contributed by atoms with Crippen LogP contribution >= 0.6 is 0 Å². The first-order valence-corrected chi connectivity index (χ1v) is 4.33. The normalized spacial score (nSPS) is 10.4. The van der Waals surface area contributed by atoms with E-state index in [9.17, 15) is 9.59 Å². The Morgan fingerprint density at radius 2 is 2.07 bits per heavy atom. The molecule has 0 aromatic carbocycles. The molecule has 2 N–H and O–H groups in total. The van der Waals surface area contributed by atoms with Gasteiger partial charge >= 0.3 is 5.97 Å². The van der Waals surface area contributed by atoms with Crippen molar-refractivity contribution >= 4 is 11.9 Å². The molecule has 4 heteroatoms. The summed E-state index contributed by atoms with van der Waals surface area (Å²) in [6.07, 6.45) is 5.60. The van der Waals surface area contributed by atoms with Gasteiger partial charge in [0.1, 0.15) is 0 Å². The van der Waals surface area contributed by atoms with Crippen LogP contribution in [0.2, 0.25) is 0 Å². The number of carbonyl (C=O) groups is 2. The van der Waals surface area contributed by atoms with Crippen molar-refractivity contribution in [3.63, 3.8) is 0 Å². The molecule has 0 atom stereocenters. The summed E-state index contributed by atoms with van der Waals surface area (Å²) < 4.78 is 0. The average molecular weight is 197 g/mol. The van der Waals surface area contributed by atoms with Crippen LogP contribution in [0.4, 0.5) is 0 Å². The molecular weight excluding hydrogens is 182 g/mol. The Hall–Kier alpha value is -1.50. The molecule has 78 valence electrons. The van der Waals surface area contributed by atoms with Gasteiger partial charge < -0.3 is 10.4 Å². The maximum absolute atomic E-state index is 11.1. The van der Waals surface area contributed by atoms with Crippen molar-refractivity contribution in [3.05, 3.63) is 0 Å². The molecule has 0 bridgehead atoms. The quantitative estimate of drug-likeness (QED) is 0.635. The van der Waals surface area contributed by atoms with Crippen molar-refractivity contribution in [1.29, 1.82) is 0 Å². The fourth-order valence-corrected chi connectivity index (χ4v) is 0.669. The smallest absolute Gasteiger partial charge is 0.310 e. The Labute approximate surface area is 83.7 Å². The second-order valence-electron chi connectivity index (χ2n) is 3.67. The van der Waals surface area contributed by atoms with Crippen LogP contribution < -0.4 is 5.32 Å². The van der Waals surface area contributed by atoms with Gasteiger partial charge in [-0.15, -0.1) is 12.3 Å². The first-order chi connectivity index (χ1) is 6.40. The summed E-state index contributed by atoms with van der Waals surface area (Å²) in [5.74, 6) is 1.20. The average Bonchev–Trinajstić information content (AvgIpc) is 2.11. The van der Waals surface area contributed by atoms with Crippen LogP contribution in [0.15, 0.2) is 0 Å². The van der Waals surface area contributed by atoms with E-state index < -0.39 is 11.4 Å². The number of carbonyl (C=O) groups excluding carboxylic acids is 1. The number of amides is 1. The molecule has 0 aromatic heterocycles. The molecule has 0 radical (unpaired) electrons. The second kappa shape index (κ2) is 5.28. The van der Waals surface area contributed by atoms with E-state index in [-0.39, 0.29) is 18.9 Å². The van der Waals surface area contributed by atoms with Gasteiger partial charge in [-0.1, -0.05) is 0 Å². The molecule has 14 heavy (non-hydrogen) atoms. The zero-order valence-corrected chi connectivity index (χ0v) is 8.46. The van der Waals surface area contributed by atoms with Crippen molar-refractivity contribution < 1.29 is 14.7 Å². The molecular formula is C10H15NO3. The van der Waals surface area contributed by atoms with Crippen LogP contribution in [0.1, 0.15) is 26.7 Å². The SMILES string of the molecule is C#CCCC(=O)NCC(C)(C)C(=O)O. The molecule has 0 saturated heterocycles. The monoisotopic (exact) mass is 197 g/mol. The molecule has 0 heterocycles. The maximum Gasteiger partial charge on any atom is 0.310 e. The van der Waals surface area contributed by atoms with E-state index in [1.807, 2.05) is 0 Å². The Morgan fingerprint density at radius 1 is 1.50 bits per heavy atom. The van der Waals surface area contributed by atoms with Crippen LogP contribution in [0.5, 0.6) is 0 Å². The molecule has 0 fully saturated rings. The highest BCUT2D eigenvalue weighted by Crippen LogP contribution is 2.12. The van der Waals surface area contributed by atoms with Crippen LogP contribution in [0.25, 0.3) is 0 Å². The molecule has 0 aliphatic heterocycles. The number of terminal acetylenes is 1. The van der Waals surface area contributed by atoms with Gasteiger partial charge in [0, 0.05) is 19.4 Å². The summed E-state index contributed by atoms with van der Waals surface area (Å²) in [5, 5.41) is 11.3. The van der Waals surface area contributed by atoms with E-state index in [2.05, 4.69) is 11.2 Å². The first kappa shape index (κ1) is 12.5. The summed E-state index contributed by atoms with van der Waals surface area (Å²) in [6.45, 7) is 3.22. The highest BCUT2D eigenvalue weighted by molar-refractivity contribution is 5.78. The minimum Gasteiger partial charge on any atom is -0.481 e. The van der Waals surface area contributed by atoms with Crippen LogP contribution in [0.3, 0.4) is 0 Å². The van der Waals surface area contributed by atoms with Crippen molar-refractivity contribution in [2.75, 3.05) is 6.54 Å². The van der Waals surface area contributed by atoms with E-state index in [0.717, 1.165) is 0 Å². The van der Waals surface area contributed by atoms with Crippen LogP contribution in [0, 0.1) is 17.8 Å². The van der Waals surface area contributed by atoms with E-state index >= 15 is 0 Å². The van der Waals surface area contributed by atoms with Crippen molar-refractivity contribution in [1.82, 2.24) is 5.32 Å². The minimum atomic E-state index is -0.939. The highest BCUT2D eigenvalue weighted by atomic mass is 16.4. The zero-order valence-electron chi connectivity index (χ0n) is 8.46. The van der Waals surface area contributed by atoms with Gasteiger partial charge in [0.05, 0.1) is 5.41 Å². The standard InChI is InChI=1S/C10H15NO3/c1-4-5-6-8(12)11-7-10(2,3)9(13)14/h1H,5-7H2,2-3H3,(H,11,12)(H,13,14). The number of hydrogen-bond acceptors (Lipinski definition) is 2. The van der Waals surface area contributed by atoms with E-state index in [1.54, 1.807) is 13.8 Å². The fraction of sp³-hybridized carbons (Fsp3) is 0.600. The van der Waals surface area contributed by atoms with Gasteiger partial charge in [-0.3, -0.25) is 9.59 Å². The van der Waals surface area contributed by atoms with Crippen molar-refractivity contribution in [2.45, 2.75) is 26.7 Å². The predicted octanol–water partition coefficient (Wildman–Crippen LogP) is 0.627. The van der Waals surface area contributed by atoms with Gasteiger partial charge in [-0.25, -0.2) is 0 Å². The fourth-order valence-electron chi connectivity index (χ4n) is 0.669. The third-order valence-corrected chi connectivity index (χ3v) is 1.80.